The molecule has 0 aliphatic heterocycles. The maximum absolute atomic E-state index is 13.2. The van der Waals surface area contributed by atoms with E-state index in [0.29, 0.717) is 0 Å². The van der Waals surface area contributed by atoms with Crippen molar-refractivity contribution in [2.45, 2.75) is 17.2 Å². The lowest BCUT2D eigenvalue weighted by Gasteiger charge is -2.16. The van der Waals surface area contributed by atoms with Crippen molar-refractivity contribution in [3.05, 3.63) is 57.9 Å². The molecule has 158 valence electrons. The fourth-order valence-corrected chi connectivity index (χ4v) is 2.53. The summed E-state index contributed by atoms with van der Waals surface area (Å²) in [5.74, 6) is -1.56. The van der Waals surface area contributed by atoms with E-state index in [0.717, 1.165) is 18.4 Å². The average Bonchev–Trinajstić information content (AvgIpc) is 2.56. The Labute approximate surface area is 179 Å². The van der Waals surface area contributed by atoms with Crippen molar-refractivity contribution in [3.8, 4) is 17.4 Å². The first kappa shape index (κ1) is 23.7. The first-order valence-electron chi connectivity index (χ1n) is 7.22. The number of rotatable bonds is 5. The van der Waals surface area contributed by atoms with Crippen LogP contribution in [0.4, 0.5) is 26.3 Å². The Morgan fingerprint density at radius 3 is 2.00 bits per heavy atom. The van der Waals surface area contributed by atoms with Crippen LogP contribution in [-0.2, 0) is 12.4 Å². The van der Waals surface area contributed by atoms with E-state index in [1.807, 2.05) is 0 Å². The van der Waals surface area contributed by atoms with Gasteiger partial charge in [-0.3, -0.25) is 0 Å². The van der Waals surface area contributed by atoms with Gasteiger partial charge in [0, 0.05) is 18.3 Å². The maximum Gasteiger partial charge on any atom is 0.421 e. The number of nitrogens with zero attached hydrogens (tertiary/aromatic N) is 1. The van der Waals surface area contributed by atoms with Gasteiger partial charge in [-0.2, -0.15) is 26.3 Å². The molecule has 2 rings (SSSR count). The molecular formula is C16H7Cl4F6NO2. The van der Waals surface area contributed by atoms with Gasteiger partial charge in [0.2, 0.25) is 5.88 Å². The molecule has 13 heteroatoms. The Bertz CT molecular complexity index is 892. The third-order valence-electron chi connectivity index (χ3n) is 3.08. The molecule has 0 spiro atoms. The quantitative estimate of drug-likeness (QED) is 0.237. The van der Waals surface area contributed by atoms with Crippen molar-refractivity contribution < 1.29 is 35.8 Å². The fourth-order valence-electron chi connectivity index (χ4n) is 1.87. The number of hydrogen-bond acceptors (Lipinski definition) is 3. The van der Waals surface area contributed by atoms with E-state index in [1.165, 1.54) is 6.08 Å². The smallest absolute Gasteiger partial charge is 0.421 e. The summed E-state index contributed by atoms with van der Waals surface area (Å²) < 4.78 is 87.8. The van der Waals surface area contributed by atoms with Gasteiger partial charge in [0.15, 0.2) is 5.75 Å². The maximum atomic E-state index is 13.2. The summed E-state index contributed by atoms with van der Waals surface area (Å²) in [6, 6.07) is 2.16. The van der Waals surface area contributed by atoms with Crippen LogP contribution in [0.2, 0.25) is 10.0 Å². The zero-order valence-electron chi connectivity index (χ0n) is 13.6. The molecule has 0 saturated carbocycles. The minimum absolute atomic E-state index is 0.0639. The molecule has 2 aromatic rings. The molecule has 1 heterocycles. The minimum Gasteiger partial charge on any atom is -0.465 e. The molecule has 0 fully saturated rings. The normalized spacial score (nSPS) is 12.7. The Hall–Kier alpha value is -1.55. The van der Waals surface area contributed by atoms with E-state index in [-0.39, 0.29) is 28.1 Å². The van der Waals surface area contributed by atoms with Crippen LogP contribution in [0.5, 0.6) is 17.4 Å². The van der Waals surface area contributed by atoms with Gasteiger partial charge in [0.1, 0.15) is 16.1 Å². The fraction of sp³-hybridized carbons (Fsp3) is 0.188. The van der Waals surface area contributed by atoms with E-state index in [4.69, 9.17) is 55.9 Å². The van der Waals surface area contributed by atoms with Crippen LogP contribution in [0.15, 0.2) is 36.7 Å². The van der Waals surface area contributed by atoms with Crippen molar-refractivity contribution in [2.24, 2.45) is 0 Å². The van der Waals surface area contributed by atoms with Crippen molar-refractivity contribution in [1.29, 1.82) is 0 Å². The second kappa shape index (κ2) is 9.07. The molecule has 0 unspecified atom stereocenters. The third kappa shape index (κ3) is 6.47. The van der Waals surface area contributed by atoms with Crippen LogP contribution in [-0.4, -0.2) is 9.82 Å². The highest BCUT2D eigenvalue weighted by Gasteiger charge is 2.40. The molecule has 0 amide bonds. The lowest BCUT2D eigenvalue weighted by Crippen LogP contribution is -2.13. The average molecular weight is 501 g/mol. The number of halogens is 10. The Morgan fingerprint density at radius 2 is 1.52 bits per heavy atom. The molecule has 29 heavy (non-hydrogen) atoms. The molecule has 1 aromatic heterocycles. The number of allylic oxidation sites excluding steroid dienone is 1. The number of aromatic nitrogens is 1. The molecule has 1 aromatic carbocycles. The summed E-state index contributed by atoms with van der Waals surface area (Å²) in [7, 11) is 0. The summed E-state index contributed by atoms with van der Waals surface area (Å²) in [5.41, 5.74) is -3.35. The molecular weight excluding hydrogens is 494 g/mol. The van der Waals surface area contributed by atoms with Crippen LogP contribution in [0.3, 0.4) is 0 Å². The van der Waals surface area contributed by atoms with Crippen LogP contribution in [0.25, 0.3) is 0 Å². The number of alkyl halides is 8. The number of pyridine rings is 1. The zero-order chi connectivity index (χ0) is 22.0. The summed E-state index contributed by atoms with van der Waals surface area (Å²) in [6.07, 6.45) is -7.64. The van der Waals surface area contributed by atoms with E-state index in [2.05, 4.69) is 4.98 Å². The van der Waals surface area contributed by atoms with Crippen LogP contribution in [0.1, 0.15) is 11.1 Å². The molecule has 0 aliphatic rings. The molecule has 3 nitrogen and oxygen atoms in total. The van der Waals surface area contributed by atoms with Gasteiger partial charge in [-0.25, -0.2) is 4.98 Å². The first-order valence-corrected chi connectivity index (χ1v) is 8.84. The third-order valence-corrected chi connectivity index (χ3v) is 3.94. The standard InChI is InChI=1S/C16H7Cl4F6NO2/c17-10-4-8(28-2-1-12(19)20)5-11(18)13(10)29-14-9(16(24,25)26)3-7(6-27-14)15(21,22)23/h1-6,12H. The molecule has 0 aliphatic carbocycles. The highest BCUT2D eigenvalue weighted by Crippen LogP contribution is 2.44. The largest absolute Gasteiger partial charge is 0.465 e. The van der Waals surface area contributed by atoms with Gasteiger partial charge < -0.3 is 9.47 Å². The highest BCUT2D eigenvalue weighted by molar-refractivity contribution is 6.45. The summed E-state index contributed by atoms with van der Waals surface area (Å²) >= 11 is 22.8. The molecule has 0 atom stereocenters. The number of ether oxygens (including phenoxy) is 2. The van der Waals surface area contributed by atoms with Crippen molar-refractivity contribution >= 4 is 46.4 Å². The van der Waals surface area contributed by atoms with E-state index in [9.17, 15) is 26.3 Å². The summed E-state index contributed by atoms with van der Waals surface area (Å²) in [5, 5.41) is -0.576. The van der Waals surface area contributed by atoms with Gasteiger partial charge >= 0.3 is 12.4 Å². The topological polar surface area (TPSA) is 31.4 Å². The molecule has 0 saturated heterocycles. The highest BCUT2D eigenvalue weighted by atomic mass is 35.5. The Kier molecular flexibility index (Phi) is 7.42. The van der Waals surface area contributed by atoms with Crippen LogP contribution in [0, 0.1) is 0 Å². The predicted molar refractivity (Wildman–Crippen MR) is 96.0 cm³/mol. The number of hydrogen-bond donors (Lipinski definition) is 0. The molecule has 0 N–H and O–H groups in total. The summed E-state index contributed by atoms with van der Waals surface area (Å²) in [6.45, 7) is 0. The Morgan fingerprint density at radius 1 is 0.931 bits per heavy atom. The van der Waals surface area contributed by atoms with Gasteiger partial charge in [-0.15, -0.1) is 23.2 Å². The van der Waals surface area contributed by atoms with Crippen LogP contribution >= 0.6 is 46.4 Å². The number of benzene rings is 1. The monoisotopic (exact) mass is 499 g/mol. The second-order valence-electron chi connectivity index (χ2n) is 5.17. The lowest BCUT2D eigenvalue weighted by molar-refractivity contribution is -0.144. The van der Waals surface area contributed by atoms with E-state index in [1.54, 1.807) is 0 Å². The van der Waals surface area contributed by atoms with Gasteiger partial charge in [-0.1, -0.05) is 23.2 Å². The second-order valence-corrected chi connectivity index (χ2v) is 7.15. The van der Waals surface area contributed by atoms with Gasteiger partial charge in [0.25, 0.3) is 0 Å². The van der Waals surface area contributed by atoms with Crippen LogP contribution < -0.4 is 9.47 Å². The van der Waals surface area contributed by atoms with E-state index < -0.39 is 39.9 Å². The molecule has 0 radical (unpaired) electrons. The van der Waals surface area contributed by atoms with Crippen molar-refractivity contribution in [3.63, 3.8) is 0 Å². The van der Waals surface area contributed by atoms with Gasteiger partial charge in [0.05, 0.1) is 21.9 Å². The Balaban J connectivity index is 2.41. The zero-order valence-corrected chi connectivity index (χ0v) is 16.6. The summed E-state index contributed by atoms with van der Waals surface area (Å²) in [4.78, 5) is 2.28. The van der Waals surface area contributed by atoms with Gasteiger partial charge in [-0.05, 0) is 12.1 Å². The first-order chi connectivity index (χ1) is 13.3. The van der Waals surface area contributed by atoms with Crippen molar-refractivity contribution in [2.75, 3.05) is 0 Å². The van der Waals surface area contributed by atoms with E-state index >= 15 is 0 Å². The SMILES string of the molecule is FC(F)(F)c1cnc(Oc2c(Cl)cc(OC=CC(Cl)Cl)cc2Cl)c(C(F)(F)F)c1. The molecule has 0 bridgehead atoms. The van der Waals surface area contributed by atoms with Crippen molar-refractivity contribution in [1.82, 2.24) is 4.98 Å². The predicted octanol–water partition coefficient (Wildman–Crippen LogP) is 7.91. The minimum atomic E-state index is -5.18. The lowest BCUT2D eigenvalue weighted by atomic mass is 10.2.